The van der Waals surface area contributed by atoms with E-state index < -0.39 is 0 Å². The lowest BCUT2D eigenvalue weighted by Gasteiger charge is -2.32. The Morgan fingerprint density at radius 3 is 2.50 bits per heavy atom. The highest BCUT2D eigenvalue weighted by molar-refractivity contribution is 14.0. The number of amides is 1. The van der Waals surface area contributed by atoms with Gasteiger partial charge in [0.05, 0.1) is 13.2 Å². The zero-order valence-electron chi connectivity index (χ0n) is 18.4. The molecule has 1 saturated heterocycles. The van der Waals surface area contributed by atoms with Crippen molar-refractivity contribution in [1.82, 2.24) is 15.1 Å². The molecule has 0 spiro atoms. The van der Waals surface area contributed by atoms with Gasteiger partial charge in [-0.1, -0.05) is 30.3 Å². The van der Waals surface area contributed by atoms with Crippen molar-refractivity contribution in [3.63, 3.8) is 0 Å². The second-order valence-electron chi connectivity index (χ2n) is 8.35. The van der Waals surface area contributed by atoms with Gasteiger partial charge < -0.3 is 19.9 Å². The molecule has 0 aromatic heterocycles. The van der Waals surface area contributed by atoms with Gasteiger partial charge in [0.15, 0.2) is 5.96 Å². The predicted molar refractivity (Wildman–Crippen MR) is 132 cm³/mol. The van der Waals surface area contributed by atoms with Gasteiger partial charge in [-0.3, -0.25) is 9.79 Å². The number of piperidine rings is 1. The van der Waals surface area contributed by atoms with Gasteiger partial charge in [0.1, 0.15) is 0 Å². The normalized spacial score (nSPS) is 17.4. The highest BCUT2D eigenvalue weighted by Crippen LogP contribution is 2.28. The molecule has 1 heterocycles. The molecule has 1 amide bonds. The number of carbonyl (C=O) groups is 1. The van der Waals surface area contributed by atoms with E-state index in [1.807, 2.05) is 16.8 Å². The number of likely N-dealkylation sites (tertiary alicyclic amines) is 1. The number of hydrogen-bond acceptors (Lipinski definition) is 3. The van der Waals surface area contributed by atoms with Crippen molar-refractivity contribution in [3.05, 3.63) is 35.9 Å². The van der Waals surface area contributed by atoms with E-state index in [0.717, 1.165) is 57.4 Å². The fourth-order valence-electron chi connectivity index (χ4n) is 3.83. The molecule has 168 valence electrons. The molecule has 0 unspecified atom stereocenters. The van der Waals surface area contributed by atoms with E-state index in [-0.39, 0.29) is 29.9 Å². The first-order valence-corrected chi connectivity index (χ1v) is 11.0. The number of nitrogens with one attached hydrogen (secondary N) is 1. The van der Waals surface area contributed by atoms with Crippen molar-refractivity contribution < 1.29 is 9.53 Å². The van der Waals surface area contributed by atoms with Crippen LogP contribution in [0.2, 0.25) is 0 Å². The number of rotatable bonds is 9. The molecule has 0 atom stereocenters. The summed E-state index contributed by atoms with van der Waals surface area (Å²) in [5.74, 6) is 2.35. The second kappa shape index (κ2) is 13.1. The molecule has 6 nitrogen and oxygen atoms in total. The van der Waals surface area contributed by atoms with E-state index in [2.05, 4.69) is 40.6 Å². The lowest BCUT2D eigenvalue weighted by molar-refractivity contribution is -0.131. The van der Waals surface area contributed by atoms with Crippen molar-refractivity contribution in [2.24, 2.45) is 16.8 Å². The van der Waals surface area contributed by atoms with Gasteiger partial charge in [-0.05, 0) is 49.5 Å². The quantitative estimate of drug-likeness (QED) is 0.232. The molecule has 0 radical (unpaired) electrons. The van der Waals surface area contributed by atoms with Gasteiger partial charge in [0, 0.05) is 40.3 Å². The minimum Gasteiger partial charge on any atom is -0.379 e. The largest absolute Gasteiger partial charge is 0.379 e. The summed E-state index contributed by atoms with van der Waals surface area (Å²) in [6, 6.07) is 10.6. The summed E-state index contributed by atoms with van der Waals surface area (Å²) in [7, 11) is 3.73. The minimum atomic E-state index is 0. The first-order chi connectivity index (χ1) is 14.2. The molecule has 1 saturated carbocycles. The summed E-state index contributed by atoms with van der Waals surface area (Å²) < 4.78 is 5.70. The first-order valence-electron chi connectivity index (χ1n) is 11.0. The van der Waals surface area contributed by atoms with Crippen molar-refractivity contribution >= 4 is 35.8 Å². The molecule has 7 heteroatoms. The summed E-state index contributed by atoms with van der Waals surface area (Å²) in [5.41, 5.74) is 1.40. The number of aliphatic imine (C=N–C) groups is 1. The van der Waals surface area contributed by atoms with Crippen molar-refractivity contribution in [3.8, 4) is 0 Å². The molecule has 1 aromatic rings. The Hall–Kier alpha value is -1.35. The van der Waals surface area contributed by atoms with E-state index in [1.165, 1.54) is 18.4 Å². The third-order valence-electron chi connectivity index (χ3n) is 5.93. The Morgan fingerprint density at radius 1 is 1.17 bits per heavy atom. The van der Waals surface area contributed by atoms with Crippen LogP contribution in [0.5, 0.6) is 0 Å². The Kier molecular flexibility index (Phi) is 10.9. The summed E-state index contributed by atoms with van der Waals surface area (Å²) in [6.07, 6.45) is 5.89. The van der Waals surface area contributed by atoms with Crippen LogP contribution in [0.1, 0.15) is 31.2 Å². The lowest BCUT2D eigenvalue weighted by atomic mass is 9.90. The number of likely N-dealkylation sites (N-methyl/N-ethyl adjacent to an activating group) is 1. The van der Waals surface area contributed by atoms with Crippen LogP contribution in [0.15, 0.2) is 35.3 Å². The van der Waals surface area contributed by atoms with Crippen LogP contribution in [0.4, 0.5) is 0 Å². The Bertz CT molecular complexity index is 658. The van der Waals surface area contributed by atoms with Crippen LogP contribution in [0, 0.1) is 11.8 Å². The zero-order chi connectivity index (χ0) is 20.5. The van der Waals surface area contributed by atoms with Crippen molar-refractivity contribution in [2.75, 3.05) is 53.5 Å². The molecule has 1 aliphatic heterocycles. The molecular formula is C23H37IN4O2. The highest BCUT2D eigenvalue weighted by Gasteiger charge is 2.23. The van der Waals surface area contributed by atoms with Crippen molar-refractivity contribution in [2.45, 2.75) is 32.1 Å². The number of hydrogen-bond donors (Lipinski definition) is 1. The zero-order valence-corrected chi connectivity index (χ0v) is 20.7. The maximum absolute atomic E-state index is 12.6. The van der Waals surface area contributed by atoms with Crippen molar-refractivity contribution in [1.29, 1.82) is 0 Å². The molecule has 0 bridgehead atoms. The third kappa shape index (κ3) is 8.41. The SMILES string of the molecule is CN=C(NCC(=O)N1CCC(Cc2ccccc2)CC1)N(C)CCOCC1CC1.I. The van der Waals surface area contributed by atoms with Crippen LogP contribution in [0.25, 0.3) is 0 Å². The van der Waals surface area contributed by atoms with Crippen LogP contribution in [0.3, 0.4) is 0 Å². The van der Waals surface area contributed by atoms with Gasteiger partial charge in [-0.15, -0.1) is 24.0 Å². The van der Waals surface area contributed by atoms with E-state index in [9.17, 15) is 4.79 Å². The highest BCUT2D eigenvalue weighted by atomic mass is 127. The third-order valence-corrected chi connectivity index (χ3v) is 5.93. The molecule has 1 aliphatic carbocycles. The number of guanidine groups is 1. The number of halogens is 1. The average molecular weight is 528 g/mol. The number of nitrogens with zero attached hydrogens (tertiary/aromatic N) is 3. The van der Waals surface area contributed by atoms with Gasteiger partial charge in [0.2, 0.25) is 5.91 Å². The maximum Gasteiger partial charge on any atom is 0.241 e. The second-order valence-corrected chi connectivity index (χ2v) is 8.35. The fraction of sp³-hybridized carbons (Fsp3) is 0.652. The molecule has 2 fully saturated rings. The van der Waals surface area contributed by atoms with Gasteiger partial charge >= 0.3 is 0 Å². The molecular weight excluding hydrogens is 491 g/mol. The molecule has 3 rings (SSSR count). The Morgan fingerprint density at radius 2 is 1.87 bits per heavy atom. The van der Waals surface area contributed by atoms with E-state index in [0.29, 0.717) is 19.1 Å². The molecule has 1 aromatic carbocycles. The van der Waals surface area contributed by atoms with E-state index in [1.54, 1.807) is 7.05 Å². The molecule has 1 N–H and O–H groups in total. The molecule has 2 aliphatic rings. The summed E-state index contributed by atoms with van der Waals surface area (Å²) in [4.78, 5) is 20.9. The van der Waals surface area contributed by atoms with E-state index >= 15 is 0 Å². The maximum atomic E-state index is 12.6. The number of carbonyl (C=O) groups excluding carboxylic acids is 1. The summed E-state index contributed by atoms with van der Waals surface area (Å²) in [6.45, 7) is 4.33. The topological polar surface area (TPSA) is 57.2 Å². The van der Waals surface area contributed by atoms with Crippen LogP contribution in [-0.4, -0.2) is 75.2 Å². The Balaban J connectivity index is 0.00000320. The smallest absolute Gasteiger partial charge is 0.241 e. The van der Waals surface area contributed by atoms with E-state index in [4.69, 9.17) is 4.74 Å². The Labute approximate surface area is 198 Å². The summed E-state index contributed by atoms with van der Waals surface area (Å²) >= 11 is 0. The molecule has 30 heavy (non-hydrogen) atoms. The minimum absolute atomic E-state index is 0. The summed E-state index contributed by atoms with van der Waals surface area (Å²) in [5, 5.41) is 3.21. The monoisotopic (exact) mass is 528 g/mol. The van der Waals surface area contributed by atoms with Crippen LogP contribution >= 0.6 is 24.0 Å². The van der Waals surface area contributed by atoms with Gasteiger partial charge in [0.25, 0.3) is 0 Å². The van der Waals surface area contributed by atoms with Gasteiger partial charge in [-0.25, -0.2) is 0 Å². The van der Waals surface area contributed by atoms with Crippen LogP contribution < -0.4 is 5.32 Å². The fourth-order valence-corrected chi connectivity index (χ4v) is 3.83. The lowest BCUT2D eigenvalue weighted by Crippen LogP contribution is -2.47. The number of ether oxygens (including phenoxy) is 1. The first kappa shape index (κ1) is 24.9. The standard InChI is InChI=1S/C23H36N4O2.HI/c1-24-23(26(2)14-15-29-18-21-8-9-21)25-17-22(28)27-12-10-20(11-13-27)16-19-6-4-3-5-7-19;/h3-7,20-21H,8-18H2,1-2H3,(H,24,25);1H. The van der Waals surface area contributed by atoms with Gasteiger partial charge in [-0.2, -0.15) is 0 Å². The number of benzene rings is 1. The predicted octanol–water partition coefficient (Wildman–Crippen LogP) is 3.02. The average Bonchev–Trinajstić information content (AvgIpc) is 3.57. The van der Waals surface area contributed by atoms with Crippen LogP contribution in [-0.2, 0) is 16.0 Å².